The van der Waals surface area contributed by atoms with E-state index < -0.39 is 11.9 Å². The summed E-state index contributed by atoms with van der Waals surface area (Å²) in [6, 6.07) is 6.32. The number of nitrogens with zero attached hydrogens (tertiary/aromatic N) is 7. The first kappa shape index (κ1) is 20.7. The molecule has 0 saturated heterocycles. The maximum absolute atomic E-state index is 14.0. The zero-order valence-electron chi connectivity index (χ0n) is 17.2. The Morgan fingerprint density at radius 1 is 1.28 bits per heavy atom. The number of anilines is 2. The van der Waals surface area contributed by atoms with Crippen LogP contribution in [0.4, 0.5) is 21.7 Å². The van der Waals surface area contributed by atoms with Crippen molar-refractivity contribution in [1.29, 1.82) is 5.26 Å². The van der Waals surface area contributed by atoms with Gasteiger partial charge in [0.1, 0.15) is 23.7 Å². The molecule has 0 amide bonds. The Kier molecular flexibility index (Phi) is 5.59. The SMILES string of the molecule is C[C@H]1Oc2nc(cnc2N)-c2c(nn(C)c2C#N)/N=C/C=C\C=N/Nc2ccc(F)cc21. The molecule has 32 heavy (non-hydrogen) atoms. The van der Waals surface area contributed by atoms with Crippen molar-refractivity contribution in [1.82, 2.24) is 19.7 Å². The minimum Gasteiger partial charge on any atom is -0.467 e. The average Bonchev–Trinajstić information content (AvgIpc) is 3.09. The van der Waals surface area contributed by atoms with Crippen LogP contribution in [0.25, 0.3) is 11.3 Å². The van der Waals surface area contributed by atoms with Crippen molar-refractivity contribution < 1.29 is 9.13 Å². The third kappa shape index (κ3) is 4.01. The number of hydrazone groups is 1. The number of ether oxygens (including phenoxy) is 1. The summed E-state index contributed by atoms with van der Waals surface area (Å²) in [6.07, 6.45) is 7.10. The summed E-state index contributed by atoms with van der Waals surface area (Å²) < 4.78 is 21.3. The van der Waals surface area contributed by atoms with Gasteiger partial charge in [-0.3, -0.25) is 10.1 Å². The van der Waals surface area contributed by atoms with Crippen LogP contribution in [0.2, 0.25) is 0 Å². The summed E-state index contributed by atoms with van der Waals surface area (Å²) in [6.45, 7) is 1.72. The van der Waals surface area contributed by atoms with E-state index >= 15 is 0 Å². The van der Waals surface area contributed by atoms with Crippen LogP contribution in [0.1, 0.15) is 24.3 Å². The second kappa shape index (κ2) is 8.65. The van der Waals surface area contributed by atoms with Crippen LogP contribution in [0.5, 0.6) is 5.88 Å². The molecular formula is C21H18FN9O. The zero-order chi connectivity index (χ0) is 22.7. The predicted molar refractivity (Wildman–Crippen MR) is 118 cm³/mol. The number of nitriles is 1. The molecule has 2 aromatic heterocycles. The number of halogens is 1. The molecule has 0 spiro atoms. The van der Waals surface area contributed by atoms with E-state index in [2.05, 4.69) is 36.7 Å². The normalized spacial score (nSPS) is 18.2. The van der Waals surface area contributed by atoms with Gasteiger partial charge in [0.15, 0.2) is 11.6 Å². The van der Waals surface area contributed by atoms with Gasteiger partial charge in [0.25, 0.3) is 5.88 Å². The highest BCUT2D eigenvalue weighted by Crippen LogP contribution is 2.35. The number of aryl methyl sites for hydroxylation is 1. The monoisotopic (exact) mass is 431 g/mol. The van der Waals surface area contributed by atoms with E-state index in [0.29, 0.717) is 22.5 Å². The topological polar surface area (TPSA) is 139 Å². The molecule has 4 rings (SSSR count). The van der Waals surface area contributed by atoms with E-state index in [9.17, 15) is 9.65 Å². The Morgan fingerprint density at radius 2 is 2.09 bits per heavy atom. The number of nitrogen functional groups attached to an aromatic ring is 1. The van der Waals surface area contributed by atoms with Gasteiger partial charge in [0.05, 0.1) is 23.1 Å². The van der Waals surface area contributed by atoms with E-state index in [4.69, 9.17) is 10.5 Å². The molecular weight excluding hydrogens is 413 g/mol. The minimum absolute atomic E-state index is 0.0309. The first-order valence-corrected chi connectivity index (χ1v) is 9.52. The molecule has 3 N–H and O–H groups in total. The highest BCUT2D eigenvalue weighted by molar-refractivity contribution is 5.85. The molecule has 1 aliphatic heterocycles. The Labute approximate surface area is 182 Å². The maximum Gasteiger partial charge on any atom is 0.258 e. The molecule has 2 bridgehead atoms. The molecule has 0 radical (unpaired) electrons. The number of allylic oxidation sites excluding steroid dienone is 2. The molecule has 0 aliphatic carbocycles. The quantitative estimate of drug-likeness (QED) is 0.557. The van der Waals surface area contributed by atoms with E-state index in [1.54, 1.807) is 32.2 Å². The molecule has 0 fully saturated rings. The van der Waals surface area contributed by atoms with Crippen LogP contribution < -0.4 is 15.9 Å². The Hall–Kier alpha value is -4.59. The van der Waals surface area contributed by atoms with Gasteiger partial charge in [-0.25, -0.2) is 19.4 Å². The largest absolute Gasteiger partial charge is 0.467 e. The van der Waals surface area contributed by atoms with Gasteiger partial charge in [0.2, 0.25) is 0 Å². The maximum atomic E-state index is 14.0. The highest BCUT2D eigenvalue weighted by atomic mass is 19.1. The van der Waals surface area contributed by atoms with Gasteiger partial charge in [-0.2, -0.15) is 15.5 Å². The van der Waals surface area contributed by atoms with E-state index in [-0.39, 0.29) is 23.2 Å². The standard InChI is InChI=1S/C21H18FN9O/c1-12-14-9-13(22)5-6-15(14)29-27-8-4-3-7-25-20-18(17(10-23)31(2)30-20)16-11-26-19(24)21(28-16)32-12/h3-9,11-12,29H,1-2H3,(H2,24,26)/b4-3-,25-7+,27-8-/t12-/m1/s1. The van der Waals surface area contributed by atoms with Crippen LogP contribution in [-0.2, 0) is 7.05 Å². The zero-order valence-corrected chi connectivity index (χ0v) is 17.2. The summed E-state index contributed by atoms with van der Waals surface area (Å²) in [7, 11) is 1.63. The Balaban J connectivity index is 1.89. The number of nitrogens with one attached hydrogen (secondary N) is 1. The number of aromatic nitrogens is 4. The highest BCUT2D eigenvalue weighted by Gasteiger charge is 2.22. The van der Waals surface area contributed by atoms with Gasteiger partial charge in [0, 0.05) is 25.0 Å². The summed E-state index contributed by atoms with van der Waals surface area (Å²) in [5, 5.41) is 18.0. The molecule has 10 nitrogen and oxygen atoms in total. The molecule has 1 aromatic carbocycles. The van der Waals surface area contributed by atoms with Crippen molar-refractivity contribution in [3.8, 4) is 23.2 Å². The van der Waals surface area contributed by atoms with Crippen molar-refractivity contribution >= 4 is 29.8 Å². The number of fused-ring (bicyclic) bond motifs is 5. The van der Waals surface area contributed by atoms with Crippen LogP contribution in [0.3, 0.4) is 0 Å². The number of benzene rings is 1. The third-order valence-corrected chi connectivity index (χ3v) is 4.64. The Morgan fingerprint density at radius 3 is 2.91 bits per heavy atom. The summed E-state index contributed by atoms with van der Waals surface area (Å²) in [5.41, 5.74) is 10.9. The lowest BCUT2D eigenvalue weighted by Gasteiger charge is -2.18. The van der Waals surface area contributed by atoms with Gasteiger partial charge >= 0.3 is 0 Å². The van der Waals surface area contributed by atoms with Gasteiger partial charge < -0.3 is 10.5 Å². The van der Waals surface area contributed by atoms with Crippen molar-refractivity contribution in [2.24, 2.45) is 17.1 Å². The van der Waals surface area contributed by atoms with Gasteiger partial charge in [-0.05, 0) is 37.3 Å². The first-order valence-electron chi connectivity index (χ1n) is 9.52. The lowest BCUT2D eigenvalue weighted by atomic mass is 10.1. The predicted octanol–water partition coefficient (Wildman–Crippen LogP) is 3.28. The van der Waals surface area contributed by atoms with E-state index in [0.717, 1.165) is 0 Å². The second-order valence-electron chi connectivity index (χ2n) is 6.77. The molecule has 0 unspecified atom stereocenters. The molecule has 3 aromatic rings. The van der Waals surface area contributed by atoms with E-state index in [1.165, 1.54) is 35.4 Å². The fraction of sp³-hybridized carbons (Fsp3) is 0.143. The van der Waals surface area contributed by atoms with Gasteiger partial charge in [-0.15, -0.1) is 0 Å². The summed E-state index contributed by atoms with van der Waals surface area (Å²) in [4.78, 5) is 12.9. The molecule has 0 saturated carbocycles. The van der Waals surface area contributed by atoms with Crippen LogP contribution in [-0.4, -0.2) is 32.2 Å². The number of hydrogen-bond acceptors (Lipinski definition) is 9. The minimum atomic E-state index is -0.652. The fourth-order valence-electron chi connectivity index (χ4n) is 3.12. The molecule has 1 aliphatic rings. The average molecular weight is 431 g/mol. The lowest BCUT2D eigenvalue weighted by Crippen LogP contribution is -2.10. The number of rotatable bonds is 0. The Bertz CT molecular complexity index is 1300. The molecule has 160 valence electrons. The second-order valence-corrected chi connectivity index (χ2v) is 6.77. The number of hydrogen-bond donors (Lipinski definition) is 2. The van der Waals surface area contributed by atoms with Crippen molar-refractivity contribution in [2.45, 2.75) is 13.0 Å². The molecule has 3 heterocycles. The van der Waals surface area contributed by atoms with Crippen molar-refractivity contribution in [3.05, 3.63) is 53.6 Å². The third-order valence-electron chi connectivity index (χ3n) is 4.64. The summed E-state index contributed by atoms with van der Waals surface area (Å²) in [5.74, 6) is -0.0762. The number of aliphatic imine (C=N–C) groups is 1. The summed E-state index contributed by atoms with van der Waals surface area (Å²) >= 11 is 0. The van der Waals surface area contributed by atoms with Gasteiger partial charge in [-0.1, -0.05) is 0 Å². The fourth-order valence-corrected chi connectivity index (χ4v) is 3.12. The van der Waals surface area contributed by atoms with Crippen LogP contribution in [0, 0.1) is 17.1 Å². The lowest BCUT2D eigenvalue weighted by molar-refractivity contribution is 0.218. The molecule has 1 atom stereocenters. The first-order chi connectivity index (χ1) is 15.5. The molecule has 11 heteroatoms. The van der Waals surface area contributed by atoms with Crippen molar-refractivity contribution in [2.75, 3.05) is 11.2 Å². The van der Waals surface area contributed by atoms with Crippen LogP contribution >= 0.6 is 0 Å². The smallest absolute Gasteiger partial charge is 0.258 e. The van der Waals surface area contributed by atoms with Crippen LogP contribution in [0.15, 0.2) is 46.6 Å². The number of nitrogens with two attached hydrogens (primary N) is 1. The van der Waals surface area contributed by atoms with Crippen molar-refractivity contribution in [3.63, 3.8) is 0 Å². The van der Waals surface area contributed by atoms with E-state index in [1.807, 2.05) is 0 Å².